The van der Waals surface area contributed by atoms with Crippen molar-refractivity contribution < 1.29 is 4.74 Å². The predicted octanol–water partition coefficient (Wildman–Crippen LogP) is 1.81. The molecule has 0 aliphatic heterocycles. The molecule has 0 bridgehead atoms. The molecule has 1 aromatic heterocycles. The molecule has 1 N–H and O–H groups in total. The smallest absolute Gasteiger partial charge is 0.217 e. The van der Waals surface area contributed by atoms with Crippen LogP contribution < -0.4 is 10.1 Å². The molecule has 0 atom stereocenters. The first-order chi connectivity index (χ1) is 6.88. The van der Waals surface area contributed by atoms with Gasteiger partial charge in [-0.1, -0.05) is 6.07 Å². The van der Waals surface area contributed by atoms with Crippen LogP contribution >= 0.6 is 11.6 Å². The number of nitrogens with one attached hydrogen (secondary N) is 1. The molecule has 0 fully saturated rings. The van der Waals surface area contributed by atoms with Gasteiger partial charge < -0.3 is 10.1 Å². The number of aromatic nitrogens is 1. The fourth-order valence-electron chi connectivity index (χ4n) is 1.16. The molecular weight excluding hydrogens is 200 g/mol. The van der Waals surface area contributed by atoms with Crippen molar-refractivity contribution in [2.75, 3.05) is 19.5 Å². The van der Waals surface area contributed by atoms with Crippen LogP contribution in [0.25, 0.3) is 0 Å². The van der Waals surface area contributed by atoms with Crippen LogP contribution in [0.15, 0.2) is 18.3 Å². The fraction of sp³-hybridized carbons (Fsp3) is 0.500. The first-order valence-corrected chi connectivity index (χ1v) is 5.16. The molecule has 1 aromatic rings. The number of alkyl halides is 1. The second kappa shape index (κ2) is 6.62. The molecule has 0 saturated carbocycles. The van der Waals surface area contributed by atoms with E-state index in [1.807, 2.05) is 12.1 Å². The molecule has 1 rings (SSSR count). The number of methoxy groups -OCH3 is 1. The Kier molecular flexibility index (Phi) is 5.33. The van der Waals surface area contributed by atoms with Crippen molar-refractivity contribution in [3.63, 3.8) is 0 Å². The van der Waals surface area contributed by atoms with Crippen molar-refractivity contribution in [1.29, 1.82) is 0 Å². The third-order valence-corrected chi connectivity index (χ3v) is 2.11. The van der Waals surface area contributed by atoms with E-state index in [0.717, 1.165) is 25.1 Å². The molecule has 1 heterocycles. The van der Waals surface area contributed by atoms with Crippen molar-refractivity contribution in [1.82, 2.24) is 10.3 Å². The average molecular weight is 215 g/mol. The first-order valence-electron chi connectivity index (χ1n) is 4.63. The van der Waals surface area contributed by atoms with Gasteiger partial charge in [-0.2, -0.15) is 0 Å². The number of halogens is 1. The van der Waals surface area contributed by atoms with Crippen LogP contribution in [0.4, 0.5) is 0 Å². The molecule has 78 valence electrons. The zero-order chi connectivity index (χ0) is 10.2. The highest BCUT2D eigenvalue weighted by atomic mass is 35.5. The maximum atomic E-state index is 5.56. The predicted molar refractivity (Wildman–Crippen MR) is 57.8 cm³/mol. The number of ether oxygens (including phenoxy) is 1. The molecular formula is C10H15ClN2O. The van der Waals surface area contributed by atoms with E-state index in [-0.39, 0.29) is 0 Å². The summed E-state index contributed by atoms with van der Waals surface area (Å²) in [5, 5.41) is 3.27. The lowest BCUT2D eigenvalue weighted by Crippen LogP contribution is -2.15. The Morgan fingerprint density at radius 3 is 3.14 bits per heavy atom. The first kappa shape index (κ1) is 11.3. The Labute approximate surface area is 89.4 Å². The molecule has 0 saturated heterocycles. The van der Waals surface area contributed by atoms with Gasteiger partial charge in [0.1, 0.15) is 0 Å². The summed E-state index contributed by atoms with van der Waals surface area (Å²) < 4.78 is 5.13. The van der Waals surface area contributed by atoms with Crippen molar-refractivity contribution in [3.8, 4) is 5.88 Å². The van der Waals surface area contributed by atoms with Crippen LogP contribution in [0.3, 0.4) is 0 Å². The lowest BCUT2D eigenvalue weighted by Gasteiger charge is -2.07. The zero-order valence-electron chi connectivity index (χ0n) is 8.29. The monoisotopic (exact) mass is 214 g/mol. The minimum Gasteiger partial charge on any atom is -0.481 e. The Hall–Kier alpha value is -0.800. The molecule has 0 unspecified atom stereocenters. The van der Waals surface area contributed by atoms with E-state index in [0.29, 0.717) is 11.8 Å². The van der Waals surface area contributed by atoms with E-state index >= 15 is 0 Å². The van der Waals surface area contributed by atoms with Gasteiger partial charge in [-0.05, 0) is 19.0 Å². The number of rotatable bonds is 6. The third kappa shape index (κ3) is 3.52. The normalized spacial score (nSPS) is 10.1. The lowest BCUT2D eigenvalue weighted by atomic mass is 10.2. The van der Waals surface area contributed by atoms with E-state index < -0.39 is 0 Å². The van der Waals surface area contributed by atoms with E-state index in [1.54, 1.807) is 13.3 Å². The van der Waals surface area contributed by atoms with Crippen molar-refractivity contribution in [2.24, 2.45) is 0 Å². The molecule has 0 aliphatic rings. The second-order valence-electron chi connectivity index (χ2n) is 2.89. The van der Waals surface area contributed by atoms with Crippen LogP contribution in [0, 0.1) is 0 Å². The van der Waals surface area contributed by atoms with Gasteiger partial charge in [-0.25, -0.2) is 4.98 Å². The highest BCUT2D eigenvalue weighted by Gasteiger charge is 2.01. The standard InChI is InChI=1S/C10H15ClN2O/c1-14-10-9(4-2-7-13-10)8-12-6-3-5-11/h2,4,7,12H,3,5-6,8H2,1H3. The SMILES string of the molecule is COc1ncccc1CNCCCCl. The van der Waals surface area contributed by atoms with Crippen LogP contribution in [0.2, 0.25) is 0 Å². The number of hydrogen-bond donors (Lipinski definition) is 1. The minimum absolute atomic E-state index is 0.686. The molecule has 0 aromatic carbocycles. The minimum atomic E-state index is 0.686. The van der Waals surface area contributed by atoms with Gasteiger partial charge in [0.05, 0.1) is 7.11 Å². The number of hydrogen-bond acceptors (Lipinski definition) is 3. The lowest BCUT2D eigenvalue weighted by molar-refractivity contribution is 0.390. The van der Waals surface area contributed by atoms with Crippen LogP contribution in [0.5, 0.6) is 5.88 Å². The van der Waals surface area contributed by atoms with Crippen molar-refractivity contribution in [2.45, 2.75) is 13.0 Å². The summed E-state index contributed by atoms with van der Waals surface area (Å²) >= 11 is 5.56. The Bertz CT molecular complexity index is 268. The van der Waals surface area contributed by atoms with Crippen LogP contribution in [-0.2, 0) is 6.54 Å². The van der Waals surface area contributed by atoms with E-state index in [9.17, 15) is 0 Å². The topological polar surface area (TPSA) is 34.1 Å². The Morgan fingerprint density at radius 1 is 1.57 bits per heavy atom. The highest BCUT2D eigenvalue weighted by Crippen LogP contribution is 2.12. The molecule has 14 heavy (non-hydrogen) atoms. The summed E-state index contributed by atoms with van der Waals surface area (Å²) in [7, 11) is 1.63. The van der Waals surface area contributed by atoms with Crippen molar-refractivity contribution >= 4 is 11.6 Å². The van der Waals surface area contributed by atoms with E-state index in [1.165, 1.54) is 0 Å². The van der Waals surface area contributed by atoms with E-state index in [2.05, 4.69) is 10.3 Å². The molecule has 0 amide bonds. The number of nitrogens with zero attached hydrogens (tertiary/aromatic N) is 1. The van der Waals surface area contributed by atoms with Gasteiger partial charge >= 0.3 is 0 Å². The molecule has 3 nitrogen and oxygen atoms in total. The van der Waals surface area contributed by atoms with Crippen molar-refractivity contribution in [3.05, 3.63) is 23.9 Å². The average Bonchev–Trinajstić information content (AvgIpc) is 2.25. The molecule has 0 aliphatic carbocycles. The third-order valence-electron chi connectivity index (χ3n) is 1.85. The van der Waals surface area contributed by atoms with E-state index in [4.69, 9.17) is 16.3 Å². The fourth-order valence-corrected chi connectivity index (χ4v) is 1.29. The maximum absolute atomic E-state index is 5.56. The summed E-state index contributed by atoms with van der Waals surface area (Å²) in [5.41, 5.74) is 1.07. The van der Waals surface area contributed by atoms with Crippen LogP contribution in [0.1, 0.15) is 12.0 Å². The quantitative estimate of drug-likeness (QED) is 0.579. The Balaban J connectivity index is 2.41. The zero-order valence-corrected chi connectivity index (χ0v) is 9.05. The largest absolute Gasteiger partial charge is 0.481 e. The highest BCUT2D eigenvalue weighted by molar-refractivity contribution is 6.17. The van der Waals surface area contributed by atoms with Gasteiger partial charge in [-0.15, -0.1) is 11.6 Å². The van der Waals surface area contributed by atoms with Gasteiger partial charge in [-0.3, -0.25) is 0 Å². The van der Waals surface area contributed by atoms with Gasteiger partial charge in [0, 0.05) is 24.2 Å². The van der Waals surface area contributed by atoms with Gasteiger partial charge in [0.15, 0.2) is 0 Å². The summed E-state index contributed by atoms with van der Waals surface area (Å²) in [5.74, 6) is 1.38. The second-order valence-corrected chi connectivity index (χ2v) is 3.27. The number of pyridine rings is 1. The molecule has 0 radical (unpaired) electrons. The maximum Gasteiger partial charge on any atom is 0.217 e. The van der Waals surface area contributed by atoms with Crippen LogP contribution in [-0.4, -0.2) is 24.5 Å². The Morgan fingerprint density at radius 2 is 2.43 bits per heavy atom. The van der Waals surface area contributed by atoms with Gasteiger partial charge in [0.25, 0.3) is 0 Å². The summed E-state index contributed by atoms with van der Waals surface area (Å²) in [6.07, 6.45) is 2.70. The summed E-state index contributed by atoms with van der Waals surface area (Å²) in [6.45, 7) is 1.69. The summed E-state index contributed by atoms with van der Waals surface area (Å²) in [6, 6.07) is 3.90. The van der Waals surface area contributed by atoms with Gasteiger partial charge in [0.2, 0.25) is 5.88 Å². The molecule has 0 spiro atoms. The molecule has 4 heteroatoms. The summed E-state index contributed by atoms with van der Waals surface area (Å²) in [4.78, 5) is 4.11.